The Balaban J connectivity index is 1.24. The smallest absolute Gasteiger partial charge is 0.0462 e. The molecule has 0 saturated heterocycles. The summed E-state index contributed by atoms with van der Waals surface area (Å²) in [6, 6.07) is 64.2. The van der Waals surface area contributed by atoms with Crippen molar-refractivity contribution in [2.24, 2.45) is 0 Å². The number of nitrogens with zero attached hydrogens (tertiary/aromatic N) is 1. The molecule has 0 aromatic heterocycles. The van der Waals surface area contributed by atoms with Crippen LogP contribution in [0.15, 0.2) is 176 Å². The monoisotopic (exact) mass is 613 g/mol. The molecule has 0 heterocycles. The van der Waals surface area contributed by atoms with Gasteiger partial charge in [0, 0.05) is 22.5 Å². The molecule has 0 bridgehead atoms. The van der Waals surface area contributed by atoms with E-state index in [0.717, 1.165) is 17.1 Å². The largest absolute Gasteiger partial charge is 0.311 e. The zero-order valence-electron chi connectivity index (χ0n) is 27.2. The number of anilines is 3. The average molecular weight is 614 g/mol. The number of para-hydroxylation sites is 2. The lowest BCUT2D eigenvalue weighted by molar-refractivity contribution is 0.647. The molecule has 8 aromatic carbocycles. The first kappa shape index (κ1) is 28.3. The number of rotatable bonds is 5. The van der Waals surface area contributed by atoms with Gasteiger partial charge in [0.15, 0.2) is 0 Å². The zero-order chi connectivity index (χ0) is 32.2. The molecule has 1 heteroatoms. The molecule has 0 radical (unpaired) electrons. The van der Waals surface area contributed by atoms with Crippen molar-refractivity contribution in [3.05, 3.63) is 187 Å². The summed E-state index contributed by atoms with van der Waals surface area (Å²) in [5.74, 6) is 0. The quantitative estimate of drug-likeness (QED) is 0.187. The summed E-state index contributed by atoms with van der Waals surface area (Å²) in [6.07, 6.45) is 0. The molecular formula is C47H35N. The number of hydrogen-bond acceptors (Lipinski definition) is 1. The van der Waals surface area contributed by atoms with E-state index in [0.29, 0.717) is 0 Å². The van der Waals surface area contributed by atoms with Crippen LogP contribution in [-0.4, -0.2) is 0 Å². The molecule has 8 aromatic rings. The number of fused-ring (bicyclic) bond motifs is 3. The van der Waals surface area contributed by atoms with Crippen molar-refractivity contribution in [1.29, 1.82) is 0 Å². The van der Waals surface area contributed by atoms with Crippen LogP contribution in [-0.2, 0) is 5.41 Å². The minimum absolute atomic E-state index is 0.182. The Kier molecular flexibility index (Phi) is 6.55. The molecule has 1 aliphatic carbocycles. The number of hydrogen-bond donors (Lipinski definition) is 0. The third-order valence-electron chi connectivity index (χ3n) is 10.2. The van der Waals surface area contributed by atoms with Crippen molar-refractivity contribution in [3.63, 3.8) is 0 Å². The van der Waals surface area contributed by atoms with Gasteiger partial charge in [-0.1, -0.05) is 147 Å². The van der Waals surface area contributed by atoms with E-state index in [-0.39, 0.29) is 5.41 Å². The lowest BCUT2D eigenvalue weighted by Gasteiger charge is -2.38. The second kappa shape index (κ2) is 11.1. The Morgan fingerprint density at radius 2 is 0.958 bits per heavy atom. The molecule has 228 valence electrons. The Hall–Kier alpha value is -5.92. The van der Waals surface area contributed by atoms with Crippen LogP contribution in [0.25, 0.3) is 54.9 Å². The first-order chi connectivity index (χ1) is 23.6. The molecule has 0 amide bonds. The van der Waals surface area contributed by atoms with Crippen LogP contribution in [0.3, 0.4) is 0 Å². The molecule has 0 fully saturated rings. The average Bonchev–Trinajstić information content (AvgIpc) is 3.14. The van der Waals surface area contributed by atoms with Gasteiger partial charge in [-0.2, -0.15) is 0 Å². The highest BCUT2D eigenvalue weighted by atomic mass is 15.1. The van der Waals surface area contributed by atoms with E-state index >= 15 is 0 Å². The molecule has 0 atom stereocenters. The van der Waals surface area contributed by atoms with Crippen LogP contribution in [0.1, 0.15) is 25.0 Å². The van der Waals surface area contributed by atoms with Gasteiger partial charge in [-0.15, -0.1) is 0 Å². The third-order valence-corrected chi connectivity index (χ3v) is 10.2. The van der Waals surface area contributed by atoms with Crippen LogP contribution in [0.4, 0.5) is 17.1 Å². The van der Waals surface area contributed by atoms with Gasteiger partial charge in [-0.05, 0) is 109 Å². The standard InChI is InChI=1S/C47H35N/c1-47(2)43-22-11-15-34-27-30-40(33-25-28-39(29-26-33)48(37-16-5-3-6-17-37)38-18-7-4-8-19-38)45(44(34)43)42-21-12-20-41(46(42)47)36-24-23-32-13-9-10-14-35(32)31-36/h3-31H,1-2H3. The fourth-order valence-electron chi connectivity index (χ4n) is 7.98. The summed E-state index contributed by atoms with van der Waals surface area (Å²) in [4.78, 5) is 2.32. The fourth-order valence-corrected chi connectivity index (χ4v) is 7.98. The molecule has 0 N–H and O–H groups in total. The molecule has 1 nitrogen and oxygen atoms in total. The summed E-state index contributed by atoms with van der Waals surface area (Å²) in [7, 11) is 0. The van der Waals surface area contributed by atoms with E-state index in [1.54, 1.807) is 0 Å². The van der Waals surface area contributed by atoms with Crippen LogP contribution in [0, 0.1) is 0 Å². The molecule has 0 saturated carbocycles. The predicted octanol–water partition coefficient (Wildman–Crippen LogP) is 13.1. The van der Waals surface area contributed by atoms with E-state index in [1.807, 2.05) is 0 Å². The normalized spacial score (nSPS) is 13.0. The van der Waals surface area contributed by atoms with Crippen molar-refractivity contribution >= 4 is 38.6 Å². The lowest BCUT2D eigenvalue weighted by Crippen LogP contribution is -2.25. The molecule has 9 rings (SSSR count). The lowest BCUT2D eigenvalue weighted by atomic mass is 9.65. The van der Waals surface area contributed by atoms with Crippen LogP contribution >= 0.6 is 0 Å². The molecule has 1 aliphatic rings. The van der Waals surface area contributed by atoms with E-state index in [9.17, 15) is 0 Å². The van der Waals surface area contributed by atoms with Gasteiger partial charge in [0.25, 0.3) is 0 Å². The second-order valence-corrected chi connectivity index (χ2v) is 13.4. The van der Waals surface area contributed by atoms with E-state index < -0.39 is 0 Å². The zero-order valence-corrected chi connectivity index (χ0v) is 27.2. The molecule has 48 heavy (non-hydrogen) atoms. The number of benzene rings is 8. The summed E-state index contributed by atoms with van der Waals surface area (Å²) < 4.78 is 0. The van der Waals surface area contributed by atoms with Crippen LogP contribution in [0.2, 0.25) is 0 Å². The summed E-state index contributed by atoms with van der Waals surface area (Å²) in [5, 5.41) is 5.19. The minimum Gasteiger partial charge on any atom is -0.311 e. The molecular weight excluding hydrogens is 579 g/mol. The highest BCUT2D eigenvalue weighted by Gasteiger charge is 2.36. The second-order valence-electron chi connectivity index (χ2n) is 13.4. The Morgan fingerprint density at radius 1 is 0.396 bits per heavy atom. The van der Waals surface area contributed by atoms with Crippen molar-refractivity contribution in [1.82, 2.24) is 0 Å². The maximum absolute atomic E-state index is 2.40. The van der Waals surface area contributed by atoms with Crippen LogP contribution in [0.5, 0.6) is 0 Å². The highest BCUT2D eigenvalue weighted by molar-refractivity contribution is 6.10. The molecule has 0 spiro atoms. The van der Waals surface area contributed by atoms with Gasteiger partial charge in [0.05, 0.1) is 0 Å². The summed E-state index contributed by atoms with van der Waals surface area (Å²) in [5.41, 5.74) is 13.7. The van der Waals surface area contributed by atoms with Crippen molar-refractivity contribution in [3.8, 4) is 33.4 Å². The molecule has 0 aliphatic heterocycles. The first-order valence-corrected chi connectivity index (χ1v) is 16.8. The highest BCUT2D eigenvalue weighted by Crippen LogP contribution is 2.54. The van der Waals surface area contributed by atoms with Crippen molar-refractivity contribution in [2.45, 2.75) is 19.3 Å². The van der Waals surface area contributed by atoms with E-state index in [1.165, 1.54) is 66.1 Å². The Morgan fingerprint density at radius 3 is 1.69 bits per heavy atom. The van der Waals surface area contributed by atoms with Crippen molar-refractivity contribution < 1.29 is 0 Å². The van der Waals surface area contributed by atoms with Gasteiger partial charge in [-0.3, -0.25) is 0 Å². The Bertz CT molecular complexity index is 2420. The summed E-state index contributed by atoms with van der Waals surface area (Å²) >= 11 is 0. The fraction of sp³-hybridized carbons (Fsp3) is 0.0638. The SMILES string of the molecule is CC1(C)c2c(-c3ccc4ccccc4c3)cccc2-c2c(-c3ccc(N(c4ccccc4)c4ccccc4)cc3)ccc3cccc1c23. The first-order valence-electron chi connectivity index (χ1n) is 16.8. The van der Waals surface area contributed by atoms with Crippen molar-refractivity contribution in [2.75, 3.05) is 4.90 Å². The van der Waals surface area contributed by atoms with Gasteiger partial charge in [0.2, 0.25) is 0 Å². The van der Waals surface area contributed by atoms with E-state index in [4.69, 9.17) is 0 Å². The van der Waals surface area contributed by atoms with Gasteiger partial charge >= 0.3 is 0 Å². The van der Waals surface area contributed by atoms with E-state index in [2.05, 4.69) is 195 Å². The van der Waals surface area contributed by atoms with Gasteiger partial charge in [-0.25, -0.2) is 0 Å². The predicted molar refractivity (Wildman–Crippen MR) is 205 cm³/mol. The van der Waals surface area contributed by atoms with Gasteiger partial charge < -0.3 is 4.90 Å². The maximum atomic E-state index is 2.40. The topological polar surface area (TPSA) is 3.24 Å². The van der Waals surface area contributed by atoms with Crippen LogP contribution < -0.4 is 4.90 Å². The summed E-state index contributed by atoms with van der Waals surface area (Å²) in [6.45, 7) is 4.80. The molecule has 0 unspecified atom stereocenters. The third kappa shape index (κ3) is 4.47. The minimum atomic E-state index is -0.182. The Labute approximate surface area is 282 Å². The maximum Gasteiger partial charge on any atom is 0.0462 e. The van der Waals surface area contributed by atoms with Gasteiger partial charge in [0.1, 0.15) is 0 Å².